The standard InChI is InChI=1S/C16H20N4O2S.ClH/c1-2-3-14(21)20-10-23-9-13(20)16-18-15(19-22-16)12-6-4-11(8-17)5-7-12;/h4-7,13H,2-3,8-10,17H2,1H3;1H. The van der Waals surface area contributed by atoms with Crippen LogP contribution < -0.4 is 5.73 Å². The molecule has 2 heterocycles. The second-order valence-electron chi connectivity index (χ2n) is 5.49. The van der Waals surface area contributed by atoms with E-state index in [-0.39, 0.29) is 24.4 Å². The molecule has 8 heteroatoms. The van der Waals surface area contributed by atoms with Gasteiger partial charge >= 0.3 is 0 Å². The van der Waals surface area contributed by atoms with Gasteiger partial charge in [-0.25, -0.2) is 0 Å². The highest BCUT2D eigenvalue weighted by Crippen LogP contribution is 2.33. The number of carbonyl (C=O) groups excluding carboxylic acids is 1. The highest BCUT2D eigenvalue weighted by molar-refractivity contribution is 7.99. The first kappa shape index (κ1) is 18.8. The van der Waals surface area contributed by atoms with Gasteiger partial charge in [0.1, 0.15) is 6.04 Å². The molecule has 0 aliphatic carbocycles. The summed E-state index contributed by atoms with van der Waals surface area (Å²) in [6.07, 6.45) is 1.40. The van der Waals surface area contributed by atoms with Crippen molar-refractivity contribution in [1.82, 2.24) is 15.0 Å². The van der Waals surface area contributed by atoms with E-state index in [1.165, 1.54) is 0 Å². The zero-order valence-electron chi connectivity index (χ0n) is 13.5. The normalized spacial score (nSPS) is 16.9. The fourth-order valence-corrected chi connectivity index (χ4v) is 3.70. The zero-order valence-corrected chi connectivity index (χ0v) is 15.1. The summed E-state index contributed by atoms with van der Waals surface area (Å²) in [5, 5.41) is 4.06. The number of hydrogen-bond donors (Lipinski definition) is 1. The van der Waals surface area contributed by atoms with E-state index < -0.39 is 0 Å². The minimum Gasteiger partial charge on any atom is -0.337 e. The van der Waals surface area contributed by atoms with Crippen molar-refractivity contribution in [2.75, 3.05) is 11.6 Å². The van der Waals surface area contributed by atoms with Crippen LogP contribution >= 0.6 is 24.2 Å². The second-order valence-corrected chi connectivity index (χ2v) is 6.49. The molecule has 0 radical (unpaired) electrons. The fourth-order valence-electron chi connectivity index (χ4n) is 2.53. The average molecular weight is 369 g/mol. The van der Waals surface area contributed by atoms with Gasteiger partial charge in [-0.3, -0.25) is 4.79 Å². The summed E-state index contributed by atoms with van der Waals surface area (Å²) in [4.78, 5) is 18.5. The average Bonchev–Trinajstić information content (AvgIpc) is 3.24. The van der Waals surface area contributed by atoms with Gasteiger partial charge < -0.3 is 15.2 Å². The van der Waals surface area contributed by atoms with Gasteiger partial charge in [-0.15, -0.1) is 24.2 Å². The SMILES string of the molecule is CCCC(=O)N1CSCC1c1nc(-c2ccc(CN)cc2)no1.Cl. The molecular weight excluding hydrogens is 348 g/mol. The zero-order chi connectivity index (χ0) is 16.2. The van der Waals surface area contributed by atoms with Crippen molar-refractivity contribution in [3.05, 3.63) is 35.7 Å². The van der Waals surface area contributed by atoms with Gasteiger partial charge in [-0.1, -0.05) is 36.3 Å². The Morgan fingerprint density at radius 3 is 2.83 bits per heavy atom. The third kappa shape index (κ3) is 3.91. The van der Waals surface area contributed by atoms with Crippen LogP contribution in [0.4, 0.5) is 0 Å². The van der Waals surface area contributed by atoms with Gasteiger partial charge in [-0.05, 0) is 12.0 Å². The topological polar surface area (TPSA) is 85.2 Å². The van der Waals surface area contributed by atoms with Crippen molar-refractivity contribution in [3.63, 3.8) is 0 Å². The minimum absolute atomic E-state index is 0. The molecule has 1 unspecified atom stereocenters. The van der Waals surface area contributed by atoms with Crippen molar-refractivity contribution in [1.29, 1.82) is 0 Å². The summed E-state index contributed by atoms with van der Waals surface area (Å²) in [6.45, 7) is 2.51. The molecule has 3 rings (SSSR count). The van der Waals surface area contributed by atoms with Crippen LogP contribution in [-0.4, -0.2) is 32.6 Å². The molecule has 6 nitrogen and oxygen atoms in total. The molecule has 0 saturated carbocycles. The maximum Gasteiger partial charge on any atom is 0.250 e. The minimum atomic E-state index is -0.122. The summed E-state index contributed by atoms with van der Waals surface area (Å²) in [7, 11) is 0. The number of thioether (sulfide) groups is 1. The van der Waals surface area contributed by atoms with Gasteiger partial charge in [0.2, 0.25) is 11.7 Å². The first-order valence-electron chi connectivity index (χ1n) is 7.73. The van der Waals surface area contributed by atoms with Crippen molar-refractivity contribution < 1.29 is 9.32 Å². The molecule has 1 aliphatic heterocycles. The predicted molar refractivity (Wildman–Crippen MR) is 96.7 cm³/mol. The summed E-state index contributed by atoms with van der Waals surface area (Å²) in [5.41, 5.74) is 7.54. The van der Waals surface area contributed by atoms with E-state index in [1.807, 2.05) is 36.1 Å². The molecule has 1 aliphatic rings. The van der Waals surface area contributed by atoms with E-state index in [4.69, 9.17) is 10.3 Å². The lowest BCUT2D eigenvalue weighted by molar-refractivity contribution is -0.132. The van der Waals surface area contributed by atoms with Crippen molar-refractivity contribution in [2.24, 2.45) is 5.73 Å². The first-order chi connectivity index (χ1) is 11.2. The molecule has 1 aromatic heterocycles. The summed E-state index contributed by atoms with van der Waals surface area (Å²) in [5.74, 6) is 2.69. The first-order valence-corrected chi connectivity index (χ1v) is 8.88. The van der Waals surface area contributed by atoms with Crippen LogP contribution in [0.25, 0.3) is 11.4 Å². The number of aromatic nitrogens is 2. The molecule has 24 heavy (non-hydrogen) atoms. The lowest BCUT2D eigenvalue weighted by atomic mass is 10.1. The number of carbonyl (C=O) groups is 1. The molecule has 1 amide bonds. The van der Waals surface area contributed by atoms with Crippen LogP contribution in [0.15, 0.2) is 28.8 Å². The van der Waals surface area contributed by atoms with Gasteiger partial charge in [0.25, 0.3) is 5.89 Å². The molecule has 1 saturated heterocycles. The monoisotopic (exact) mass is 368 g/mol. The molecule has 1 atom stereocenters. The van der Waals surface area contributed by atoms with Crippen molar-refractivity contribution in [2.45, 2.75) is 32.4 Å². The highest BCUT2D eigenvalue weighted by Gasteiger charge is 2.34. The molecule has 2 N–H and O–H groups in total. The molecular formula is C16H21ClN4O2S. The van der Waals surface area contributed by atoms with Gasteiger partial charge in [0, 0.05) is 24.3 Å². The maximum atomic E-state index is 12.2. The van der Waals surface area contributed by atoms with Gasteiger partial charge in [-0.2, -0.15) is 4.98 Å². The molecule has 0 bridgehead atoms. The van der Waals surface area contributed by atoms with E-state index in [0.29, 0.717) is 30.6 Å². The van der Waals surface area contributed by atoms with Crippen LogP contribution in [0.2, 0.25) is 0 Å². The third-order valence-electron chi connectivity index (χ3n) is 3.84. The number of rotatable bonds is 5. The summed E-state index contributed by atoms with van der Waals surface area (Å²) < 4.78 is 5.43. The number of hydrogen-bond acceptors (Lipinski definition) is 6. The van der Waals surface area contributed by atoms with Crippen LogP contribution in [0.5, 0.6) is 0 Å². The Bertz CT molecular complexity index is 677. The van der Waals surface area contributed by atoms with Crippen LogP contribution in [0, 0.1) is 0 Å². The molecule has 2 aromatic rings. The Morgan fingerprint density at radius 2 is 2.17 bits per heavy atom. The Morgan fingerprint density at radius 1 is 1.42 bits per heavy atom. The van der Waals surface area contributed by atoms with E-state index in [9.17, 15) is 4.79 Å². The van der Waals surface area contributed by atoms with E-state index in [2.05, 4.69) is 10.1 Å². The van der Waals surface area contributed by atoms with Gasteiger partial charge in [0.15, 0.2) is 0 Å². The Labute approximate surface area is 151 Å². The predicted octanol–water partition coefficient (Wildman–Crippen LogP) is 2.99. The van der Waals surface area contributed by atoms with Crippen molar-refractivity contribution >= 4 is 30.1 Å². The molecule has 1 fully saturated rings. The summed E-state index contributed by atoms with van der Waals surface area (Å²) >= 11 is 1.71. The fraction of sp³-hybridized carbons (Fsp3) is 0.438. The number of amides is 1. The molecule has 130 valence electrons. The van der Waals surface area contributed by atoms with Crippen LogP contribution in [0.3, 0.4) is 0 Å². The van der Waals surface area contributed by atoms with E-state index in [1.54, 1.807) is 11.8 Å². The maximum absolute atomic E-state index is 12.2. The lowest BCUT2D eigenvalue weighted by Gasteiger charge is -2.20. The Hall–Kier alpha value is -1.57. The Kier molecular flexibility index (Phi) is 6.65. The number of nitrogens with two attached hydrogens (primary N) is 1. The largest absolute Gasteiger partial charge is 0.337 e. The number of benzene rings is 1. The molecule has 0 spiro atoms. The van der Waals surface area contributed by atoms with Crippen LogP contribution in [0.1, 0.15) is 37.3 Å². The van der Waals surface area contributed by atoms with E-state index in [0.717, 1.165) is 23.3 Å². The number of halogens is 1. The third-order valence-corrected chi connectivity index (χ3v) is 4.85. The Balaban J connectivity index is 0.00000208. The van der Waals surface area contributed by atoms with Gasteiger partial charge in [0.05, 0.1) is 5.88 Å². The van der Waals surface area contributed by atoms with Crippen LogP contribution in [-0.2, 0) is 11.3 Å². The quantitative estimate of drug-likeness (QED) is 0.873. The number of nitrogens with zero attached hydrogens (tertiary/aromatic N) is 3. The molecule has 1 aromatic carbocycles. The highest BCUT2D eigenvalue weighted by atomic mass is 35.5. The van der Waals surface area contributed by atoms with Crippen molar-refractivity contribution in [3.8, 4) is 11.4 Å². The lowest BCUT2D eigenvalue weighted by Crippen LogP contribution is -2.30. The second kappa shape index (κ2) is 8.50. The summed E-state index contributed by atoms with van der Waals surface area (Å²) in [6, 6.07) is 7.64. The van der Waals surface area contributed by atoms with E-state index >= 15 is 0 Å². The smallest absolute Gasteiger partial charge is 0.250 e.